The summed E-state index contributed by atoms with van der Waals surface area (Å²) in [7, 11) is -3.57. The molecule has 2 saturated heterocycles. The van der Waals surface area contributed by atoms with E-state index in [4.69, 9.17) is 0 Å². The van der Waals surface area contributed by atoms with Crippen molar-refractivity contribution in [2.75, 3.05) is 25.0 Å². The third-order valence-electron chi connectivity index (χ3n) is 6.95. The minimum atomic E-state index is -3.57. The highest BCUT2D eigenvalue weighted by molar-refractivity contribution is 7.89. The predicted octanol–water partition coefficient (Wildman–Crippen LogP) is 3.64. The number of aryl methyl sites for hydroxylation is 3. The van der Waals surface area contributed by atoms with Crippen LogP contribution in [-0.4, -0.2) is 55.1 Å². The molecule has 0 aliphatic carbocycles. The Kier molecular flexibility index (Phi) is 7.09. The molecule has 0 spiro atoms. The minimum absolute atomic E-state index is 0.0361. The molecule has 1 N–H and O–H groups in total. The predicted molar refractivity (Wildman–Crippen MR) is 132 cm³/mol. The summed E-state index contributed by atoms with van der Waals surface area (Å²) in [4.78, 5) is 28.4. The number of sulfonamides is 1. The van der Waals surface area contributed by atoms with Crippen molar-refractivity contribution >= 4 is 27.5 Å². The Morgan fingerprint density at radius 2 is 1.53 bits per heavy atom. The lowest BCUT2D eigenvalue weighted by Gasteiger charge is -2.34. The summed E-state index contributed by atoms with van der Waals surface area (Å²) in [5, 5.41) is 3.01. The van der Waals surface area contributed by atoms with Crippen molar-refractivity contribution in [2.24, 2.45) is 5.92 Å². The van der Waals surface area contributed by atoms with Crippen LogP contribution in [0.5, 0.6) is 0 Å². The lowest BCUT2D eigenvalue weighted by Crippen LogP contribution is -2.48. The monoisotopic (exact) mass is 483 g/mol. The van der Waals surface area contributed by atoms with Crippen LogP contribution in [0.1, 0.15) is 42.4 Å². The quantitative estimate of drug-likeness (QED) is 0.703. The van der Waals surface area contributed by atoms with E-state index in [-0.39, 0.29) is 22.6 Å². The Hall–Kier alpha value is -2.71. The third-order valence-corrected chi connectivity index (χ3v) is 8.86. The van der Waals surface area contributed by atoms with Crippen LogP contribution < -0.4 is 5.32 Å². The molecule has 0 saturated carbocycles. The Morgan fingerprint density at radius 1 is 0.882 bits per heavy atom. The van der Waals surface area contributed by atoms with Crippen molar-refractivity contribution in [3.05, 3.63) is 59.2 Å². The van der Waals surface area contributed by atoms with E-state index in [1.807, 2.05) is 39.0 Å². The SMILES string of the molecule is Cc1ccc(S(=O)(=O)N2CCC(C(=O)N3CCCC3C(=O)Nc3cc(C)ccc3C)CC2)cc1. The molecule has 2 heterocycles. The van der Waals surface area contributed by atoms with Gasteiger partial charge in [-0.3, -0.25) is 9.59 Å². The molecule has 1 unspecified atom stereocenters. The highest BCUT2D eigenvalue weighted by Gasteiger charge is 2.39. The van der Waals surface area contributed by atoms with Gasteiger partial charge in [0.05, 0.1) is 4.90 Å². The second kappa shape index (κ2) is 9.88. The number of rotatable bonds is 5. The number of nitrogens with zero attached hydrogens (tertiary/aromatic N) is 2. The van der Waals surface area contributed by atoms with E-state index in [0.717, 1.165) is 28.8 Å². The van der Waals surface area contributed by atoms with Gasteiger partial charge in [-0.2, -0.15) is 4.31 Å². The Balaban J connectivity index is 1.39. The van der Waals surface area contributed by atoms with E-state index < -0.39 is 16.1 Å². The van der Waals surface area contributed by atoms with Gasteiger partial charge in [0.25, 0.3) is 0 Å². The maximum Gasteiger partial charge on any atom is 0.247 e. The molecule has 2 aliphatic rings. The number of anilines is 1. The minimum Gasteiger partial charge on any atom is -0.330 e. The fourth-order valence-electron chi connectivity index (χ4n) is 4.83. The molecule has 2 amide bonds. The van der Waals surface area contributed by atoms with Crippen LogP contribution >= 0.6 is 0 Å². The molecule has 1 atom stereocenters. The van der Waals surface area contributed by atoms with Gasteiger partial charge >= 0.3 is 0 Å². The molecular weight excluding hydrogens is 450 g/mol. The third kappa shape index (κ3) is 5.03. The maximum absolute atomic E-state index is 13.3. The van der Waals surface area contributed by atoms with Crippen LogP contribution in [0.15, 0.2) is 47.4 Å². The summed E-state index contributed by atoms with van der Waals surface area (Å²) >= 11 is 0. The first kappa shape index (κ1) is 24.4. The Morgan fingerprint density at radius 3 is 2.21 bits per heavy atom. The van der Waals surface area contributed by atoms with E-state index in [0.29, 0.717) is 38.9 Å². The van der Waals surface area contributed by atoms with Gasteiger partial charge in [0.15, 0.2) is 0 Å². The number of hydrogen-bond acceptors (Lipinski definition) is 4. The lowest BCUT2D eigenvalue weighted by atomic mass is 9.96. The number of likely N-dealkylation sites (tertiary alicyclic amines) is 1. The second-order valence-corrected chi connectivity index (χ2v) is 11.4. The number of carbonyl (C=O) groups is 2. The van der Waals surface area contributed by atoms with Crippen LogP contribution in [0, 0.1) is 26.7 Å². The first-order valence-corrected chi connectivity index (χ1v) is 13.4. The molecule has 0 bridgehead atoms. The van der Waals surface area contributed by atoms with E-state index >= 15 is 0 Å². The average Bonchev–Trinajstić information content (AvgIpc) is 3.31. The number of nitrogens with one attached hydrogen (secondary N) is 1. The van der Waals surface area contributed by atoms with Gasteiger partial charge in [-0.25, -0.2) is 8.42 Å². The largest absolute Gasteiger partial charge is 0.330 e. The molecule has 8 heteroatoms. The van der Waals surface area contributed by atoms with E-state index in [2.05, 4.69) is 5.32 Å². The van der Waals surface area contributed by atoms with E-state index in [1.54, 1.807) is 29.2 Å². The summed E-state index contributed by atoms with van der Waals surface area (Å²) < 4.78 is 27.4. The van der Waals surface area contributed by atoms with Crippen molar-refractivity contribution in [3.63, 3.8) is 0 Å². The number of carbonyl (C=O) groups excluding carboxylic acids is 2. The van der Waals surface area contributed by atoms with Gasteiger partial charge in [0.2, 0.25) is 21.8 Å². The van der Waals surface area contributed by atoms with E-state index in [9.17, 15) is 18.0 Å². The molecule has 7 nitrogen and oxygen atoms in total. The molecule has 4 rings (SSSR count). The normalized spacial score (nSPS) is 19.9. The van der Waals surface area contributed by atoms with Gasteiger partial charge < -0.3 is 10.2 Å². The second-order valence-electron chi connectivity index (χ2n) is 9.49. The number of hydrogen-bond donors (Lipinski definition) is 1. The number of amides is 2. The van der Waals surface area contributed by atoms with Crippen LogP contribution in [-0.2, 0) is 19.6 Å². The summed E-state index contributed by atoms with van der Waals surface area (Å²) in [5.41, 5.74) is 3.83. The van der Waals surface area contributed by atoms with Crippen LogP contribution in [0.4, 0.5) is 5.69 Å². The topological polar surface area (TPSA) is 86.8 Å². The zero-order valence-electron chi connectivity index (χ0n) is 20.1. The van der Waals surface area contributed by atoms with Gasteiger partial charge in [0, 0.05) is 31.2 Å². The van der Waals surface area contributed by atoms with Gasteiger partial charge in [-0.05, 0) is 75.8 Å². The molecular formula is C26H33N3O4S. The summed E-state index contributed by atoms with van der Waals surface area (Å²) in [6.45, 7) is 7.02. The van der Waals surface area contributed by atoms with Crippen molar-refractivity contribution < 1.29 is 18.0 Å². The fourth-order valence-corrected chi connectivity index (χ4v) is 6.30. The lowest BCUT2D eigenvalue weighted by molar-refractivity contribution is -0.141. The van der Waals surface area contributed by atoms with E-state index in [1.165, 1.54) is 4.31 Å². The van der Waals surface area contributed by atoms with Gasteiger partial charge in [0.1, 0.15) is 6.04 Å². The molecule has 2 aromatic rings. The fraction of sp³-hybridized carbons (Fsp3) is 0.462. The van der Waals surface area contributed by atoms with Crippen LogP contribution in [0.3, 0.4) is 0 Å². The molecule has 2 aromatic carbocycles. The summed E-state index contributed by atoms with van der Waals surface area (Å²) in [6, 6.07) is 12.3. The summed E-state index contributed by atoms with van der Waals surface area (Å²) in [6.07, 6.45) is 2.36. The zero-order valence-corrected chi connectivity index (χ0v) is 20.9. The van der Waals surface area contributed by atoms with Crippen molar-refractivity contribution in [2.45, 2.75) is 57.4 Å². The molecule has 0 radical (unpaired) electrons. The van der Waals surface area contributed by atoms with Gasteiger partial charge in [-0.15, -0.1) is 0 Å². The van der Waals surface area contributed by atoms with Crippen molar-refractivity contribution in [1.29, 1.82) is 0 Å². The number of piperidine rings is 1. The first-order chi connectivity index (χ1) is 16.2. The van der Waals surface area contributed by atoms with Crippen LogP contribution in [0.25, 0.3) is 0 Å². The molecule has 34 heavy (non-hydrogen) atoms. The molecule has 0 aromatic heterocycles. The standard InChI is InChI=1S/C26H33N3O4S/c1-18-7-10-22(11-8-18)34(32,33)28-15-12-21(13-16-28)26(31)29-14-4-5-24(29)25(30)27-23-17-19(2)6-9-20(23)3/h6-11,17,21,24H,4-5,12-16H2,1-3H3,(H,27,30). The van der Waals surface area contributed by atoms with Crippen molar-refractivity contribution in [3.8, 4) is 0 Å². The Labute approximate surface area is 202 Å². The smallest absolute Gasteiger partial charge is 0.247 e. The molecule has 2 aliphatic heterocycles. The van der Waals surface area contributed by atoms with Gasteiger partial charge in [-0.1, -0.05) is 29.8 Å². The average molecular weight is 484 g/mol. The summed E-state index contributed by atoms with van der Waals surface area (Å²) in [5.74, 6) is -0.455. The van der Waals surface area contributed by atoms with Crippen molar-refractivity contribution in [1.82, 2.24) is 9.21 Å². The van der Waals surface area contributed by atoms with Crippen LogP contribution in [0.2, 0.25) is 0 Å². The maximum atomic E-state index is 13.3. The highest BCUT2D eigenvalue weighted by Crippen LogP contribution is 2.29. The molecule has 182 valence electrons. The Bertz CT molecular complexity index is 1170. The molecule has 2 fully saturated rings. The highest BCUT2D eigenvalue weighted by atomic mass is 32.2. The number of benzene rings is 2. The zero-order chi connectivity index (χ0) is 24.5. The first-order valence-electron chi connectivity index (χ1n) is 11.9.